The molecule has 0 aliphatic carbocycles. The molecule has 1 aliphatic heterocycles. The molecule has 0 bridgehead atoms. The second kappa shape index (κ2) is 5.35. The average Bonchev–Trinajstić information content (AvgIpc) is 2.79. The van der Waals surface area contributed by atoms with E-state index in [0.717, 1.165) is 19.4 Å². The SMILES string of the molecule is O=C(CCCl)N1CCCC1c1ccccc1. The molecule has 1 unspecified atom stereocenters. The molecule has 0 aromatic heterocycles. The minimum absolute atomic E-state index is 0.182. The highest BCUT2D eigenvalue weighted by molar-refractivity contribution is 6.18. The number of hydrogen-bond acceptors (Lipinski definition) is 1. The summed E-state index contributed by atoms with van der Waals surface area (Å²) in [6.07, 6.45) is 2.61. The average molecular weight is 238 g/mol. The fourth-order valence-electron chi connectivity index (χ4n) is 2.31. The van der Waals surface area contributed by atoms with Crippen molar-refractivity contribution in [1.82, 2.24) is 4.90 Å². The summed E-state index contributed by atoms with van der Waals surface area (Å²) in [7, 11) is 0. The van der Waals surface area contributed by atoms with Crippen molar-refractivity contribution in [2.45, 2.75) is 25.3 Å². The molecule has 1 saturated heterocycles. The van der Waals surface area contributed by atoms with Crippen LogP contribution in [-0.2, 0) is 4.79 Å². The highest BCUT2D eigenvalue weighted by Gasteiger charge is 2.28. The monoisotopic (exact) mass is 237 g/mol. The van der Waals surface area contributed by atoms with Crippen LogP contribution in [0.25, 0.3) is 0 Å². The van der Waals surface area contributed by atoms with Gasteiger partial charge in [-0.2, -0.15) is 0 Å². The van der Waals surface area contributed by atoms with Crippen LogP contribution in [0.1, 0.15) is 30.9 Å². The normalized spacial score (nSPS) is 20.1. The molecule has 2 rings (SSSR count). The van der Waals surface area contributed by atoms with Gasteiger partial charge in [0.2, 0.25) is 5.91 Å². The topological polar surface area (TPSA) is 20.3 Å². The molecule has 1 aliphatic rings. The van der Waals surface area contributed by atoms with Gasteiger partial charge in [-0.3, -0.25) is 4.79 Å². The first-order valence-corrected chi connectivity index (χ1v) is 6.27. The number of amides is 1. The minimum Gasteiger partial charge on any atom is -0.336 e. The van der Waals surface area contributed by atoms with E-state index in [0.29, 0.717) is 12.3 Å². The van der Waals surface area contributed by atoms with E-state index >= 15 is 0 Å². The number of carbonyl (C=O) groups is 1. The number of benzene rings is 1. The Morgan fingerprint density at radius 2 is 2.12 bits per heavy atom. The lowest BCUT2D eigenvalue weighted by Crippen LogP contribution is -2.30. The van der Waals surface area contributed by atoms with Crippen LogP contribution in [0.2, 0.25) is 0 Å². The van der Waals surface area contributed by atoms with Gasteiger partial charge in [0.05, 0.1) is 6.04 Å². The van der Waals surface area contributed by atoms with E-state index in [4.69, 9.17) is 11.6 Å². The van der Waals surface area contributed by atoms with Gasteiger partial charge in [-0.25, -0.2) is 0 Å². The third-order valence-corrected chi connectivity index (χ3v) is 3.25. The first kappa shape index (κ1) is 11.5. The van der Waals surface area contributed by atoms with Crippen molar-refractivity contribution >= 4 is 17.5 Å². The van der Waals surface area contributed by atoms with Crippen LogP contribution in [0.15, 0.2) is 30.3 Å². The van der Waals surface area contributed by atoms with Crippen molar-refractivity contribution in [2.75, 3.05) is 12.4 Å². The molecule has 1 heterocycles. The maximum Gasteiger partial charge on any atom is 0.224 e. The number of alkyl halides is 1. The molecular weight excluding hydrogens is 222 g/mol. The van der Waals surface area contributed by atoms with Crippen molar-refractivity contribution < 1.29 is 4.79 Å². The van der Waals surface area contributed by atoms with Gasteiger partial charge in [0.25, 0.3) is 0 Å². The first-order valence-electron chi connectivity index (χ1n) is 5.73. The van der Waals surface area contributed by atoms with E-state index < -0.39 is 0 Å². The Kier molecular flexibility index (Phi) is 3.83. The van der Waals surface area contributed by atoms with E-state index in [-0.39, 0.29) is 11.9 Å². The van der Waals surface area contributed by atoms with Crippen LogP contribution < -0.4 is 0 Å². The summed E-state index contributed by atoms with van der Waals surface area (Å²) in [5.41, 5.74) is 1.24. The third kappa shape index (κ3) is 2.38. The maximum atomic E-state index is 11.9. The third-order valence-electron chi connectivity index (χ3n) is 3.07. The van der Waals surface area contributed by atoms with Crippen molar-refractivity contribution in [1.29, 1.82) is 0 Å². The number of halogens is 1. The number of rotatable bonds is 3. The Hall–Kier alpha value is -1.02. The minimum atomic E-state index is 0.182. The smallest absolute Gasteiger partial charge is 0.224 e. The molecule has 0 spiro atoms. The van der Waals surface area contributed by atoms with Gasteiger partial charge < -0.3 is 4.90 Å². The molecular formula is C13H16ClNO. The predicted molar refractivity (Wildman–Crippen MR) is 65.5 cm³/mol. The lowest BCUT2D eigenvalue weighted by molar-refractivity contribution is -0.131. The van der Waals surface area contributed by atoms with Crippen LogP contribution in [0.3, 0.4) is 0 Å². The van der Waals surface area contributed by atoms with Crippen molar-refractivity contribution in [3.05, 3.63) is 35.9 Å². The highest BCUT2D eigenvalue weighted by atomic mass is 35.5. The summed E-state index contributed by atoms with van der Waals surface area (Å²) in [5, 5.41) is 0. The van der Waals surface area contributed by atoms with Crippen LogP contribution in [0.5, 0.6) is 0 Å². The summed E-state index contributed by atoms with van der Waals surface area (Å²) in [6, 6.07) is 10.5. The van der Waals surface area contributed by atoms with Crippen LogP contribution in [0.4, 0.5) is 0 Å². The second-order valence-corrected chi connectivity index (χ2v) is 4.47. The molecule has 1 aromatic rings. The summed E-state index contributed by atoms with van der Waals surface area (Å²) >= 11 is 5.62. The fraction of sp³-hybridized carbons (Fsp3) is 0.462. The van der Waals surface area contributed by atoms with Crippen LogP contribution in [0, 0.1) is 0 Å². The molecule has 3 heteroatoms. The van der Waals surface area contributed by atoms with Crippen molar-refractivity contribution in [3.63, 3.8) is 0 Å². The Morgan fingerprint density at radius 1 is 1.38 bits per heavy atom. The van der Waals surface area contributed by atoms with Gasteiger partial charge >= 0.3 is 0 Å². The molecule has 1 fully saturated rings. The zero-order chi connectivity index (χ0) is 11.4. The van der Waals surface area contributed by atoms with E-state index in [9.17, 15) is 4.79 Å². The van der Waals surface area contributed by atoms with Gasteiger partial charge in [-0.05, 0) is 18.4 Å². The molecule has 86 valence electrons. The lowest BCUT2D eigenvalue weighted by atomic mass is 10.0. The highest BCUT2D eigenvalue weighted by Crippen LogP contribution is 2.32. The standard InChI is InChI=1S/C13H16ClNO/c14-9-8-13(16)15-10-4-7-12(15)11-5-2-1-3-6-11/h1-3,5-6,12H,4,7-10H2. The quantitative estimate of drug-likeness (QED) is 0.741. The molecule has 1 amide bonds. The second-order valence-electron chi connectivity index (χ2n) is 4.09. The number of carbonyl (C=O) groups excluding carboxylic acids is 1. The van der Waals surface area contributed by atoms with Gasteiger partial charge in [0, 0.05) is 18.8 Å². The molecule has 16 heavy (non-hydrogen) atoms. The fourth-order valence-corrected chi connectivity index (χ4v) is 2.47. The predicted octanol–water partition coefficient (Wildman–Crippen LogP) is 2.98. The van der Waals surface area contributed by atoms with E-state index in [1.54, 1.807) is 0 Å². The Morgan fingerprint density at radius 3 is 2.81 bits per heavy atom. The molecule has 0 saturated carbocycles. The first-order chi connectivity index (χ1) is 7.83. The van der Waals surface area contributed by atoms with E-state index in [1.807, 2.05) is 23.1 Å². The molecule has 2 nitrogen and oxygen atoms in total. The summed E-state index contributed by atoms with van der Waals surface area (Å²) in [5.74, 6) is 0.595. The molecule has 1 aromatic carbocycles. The van der Waals surface area contributed by atoms with E-state index in [2.05, 4.69) is 12.1 Å². The van der Waals surface area contributed by atoms with Crippen LogP contribution >= 0.6 is 11.6 Å². The summed E-state index contributed by atoms with van der Waals surface area (Å²) in [6.45, 7) is 0.870. The Bertz CT molecular complexity index is 352. The zero-order valence-electron chi connectivity index (χ0n) is 9.23. The Labute approximate surface area is 101 Å². The molecule has 0 N–H and O–H groups in total. The zero-order valence-corrected chi connectivity index (χ0v) is 9.99. The number of likely N-dealkylation sites (tertiary alicyclic amines) is 1. The van der Waals surface area contributed by atoms with Gasteiger partial charge in [-0.1, -0.05) is 30.3 Å². The lowest BCUT2D eigenvalue weighted by Gasteiger charge is -2.24. The maximum absolute atomic E-state index is 11.9. The van der Waals surface area contributed by atoms with Gasteiger partial charge in [-0.15, -0.1) is 11.6 Å². The number of hydrogen-bond donors (Lipinski definition) is 0. The largest absolute Gasteiger partial charge is 0.336 e. The molecule has 1 atom stereocenters. The van der Waals surface area contributed by atoms with Gasteiger partial charge in [0.1, 0.15) is 0 Å². The summed E-state index contributed by atoms with van der Waals surface area (Å²) in [4.78, 5) is 13.8. The summed E-state index contributed by atoms with van der Waals surface area (Å²) < 4.78 is 0. The molecule has 0 radical (unpaired) electrons. The van der Waals surface area contributed by atoms with E-state index in [1.165, 1.54) is 5.56 Å². The number of nitrogens with zero attached hydrogens (tertiary/aromatic N) is 1. The van der Waals surface area contributed by atoms with Gasteiger partial charge in [0.15, 0.2) is 0 Å². The van der Waals surface area contributed by atoms with Crippen LogP contribution in [-0.4, -0.2) is 23.2 Å². The Balaban J connectivity index is 2.12. The van der Waals surface area contributed by atoms with Crippen molar-refractivity contribution in [3.8, 4) is 0 Å². The van der Waals surface area contributed by atoms with Crippen molar-refractivity contribution in [2.24, 2.45) is 0 Å².